The molecule has 1 aromatic carbocycles. The van der Waals surface area contributed by atoms with Gasteiger partial charge in [0.1, 0.15) is 23.4 Å². The van der Waals surface area contributed by atoms with E-state index in [1.807, 2.05) is 26.1 Å². The minimum absolute atomic E-state index is 0. The van der Waals surface area contributed by atoms with Crippen molar-refractivity contribution in [2.24, 2.45) is 5.73 Å². The highest BCUT2D eigenvalue weighted by atomic mass is 35.5. The number of likely N-dealkylation sites (N-methyl/N-ethyl adjacent to an activating group) is 1. The maximum absolute atomic E-state index is 11.5. The van der Waals surface area contributed by atoms with Crippen LogP contribution in [0.4, 0.5) is 0 Å². The van der Waals surface area contributed by atoms with E-state index in [2.05, 4.69) is 4.90 Å². The number of benzene rings is 1. The molecule has 1 aliphatic heterocycles. The topological polar surface area (TPSA) is 68.7 Å². The molecular formula is C16H19ClN2O3. The SMILES string of the molecule is Cc1cc2c(o1)CN(C)CC2Oc1ccccc1C(N)=O.Cl. The Hall–Kier alpha value is -1.98. The molecule has 0 fully saturated rings. The summed E-state index contributed by atoms with van der Waals surface area (Å²) in [5.74, 6) is 1.81. The molecule has 1 aliphatic rings. The van der Waals surface area contributed by atoms with Gasteiger partial charge in [-0.1, -0.05) is 12.1 Å². The lowest BCUT2D eigenvalue weighted by Crippen LogP contribution is -2.32. The molecule has 0 bridgehead atoms. The number of para-hydroxylation sites is 1. The van der Waals surface area contributed by atoms with Crippen LogP contribution in [0.15, 0.2) is 34.7 Å². The van der Waals surface area contributed by atoms with Crippen molar-refractivity contribution < 1.29 is 13.9 Å². The summed E-state index contributed by atoms with van der Waals surface area (Å²) >= 11 is 0. The van der Waals surface area contributed by atoms with Crippen LogP contribution >= 0.6 is 12.4 Å². The first-order chi connectivity index (χ1) is 10.0. The van der Waals surface area contributed by atoms with E-state index in [4.69, 9.17) is 14.9 Å². The number of fused-ring (bicyclic) bond motifs is 1. The van der Waals surface area contributed by atoms with Gasteiger partial charge in [-0.3, -0.25) is 9.69 Å². The first-order valence-electron chi connectivity index (χ1n) is 6.88. The quantitative estimate of drug-likeness (QED) is 0.943. The van der Waals surface area contributed by atoms with E-state index in [1.165, 1.54) is 0 Å². The maximum Gasteiger partial charge on any atom is 0.252 e. The minimum Gasteiger partial charge on any atom is -0.483 e. The third-order valence-corrected chi connectivity index (χ3v) is 3.62. The van der Waals surface area contributed by atoms with E-state index in [9.17, 15) is 4.79 Å². The van der Waals surface area contributed by atoms with E-state index in [-0.39, 0.29) is 18.5 Å². The number of ether oxygens (including phenoxy) is 1. The fourth-order valence-corrected chi connectivity index (χ4v) is 2.70. The van der Waals surface area contributed by atoms with Crippen LogP contribution in [0.2, 0.25) is 0 Å². The number of halogens is 1. The zero-order chi connectivity index (χ0) is 15.0. The van der Waals surface area contributed by atoms with Crippen molar-refractivity contribution in [1.29, 1.82) is 0 Å². The van der Waals surface area contributed by atoms with Crippen molar-refractivity contribution in [3.05, 3.63) is 53.0 Å². The molecule has 6 heteroatoms. The molecule has 0 spiro atoms. The van der Waals surface area contributed by atoms with Gasteiger partial charge in [-0.25, -0.2) is 0 Å². The Bertz CT molecular complexity index is 684. The molecule has 2 heterocycles. The van der Waals surface area contributed by atoms with Gasteiger partial charge in [-0.15, -0.1) is 12.4 Å². The molecule has 22 heavy (non-hydrogen) atoms. The van der Waals surface area contributed by atoms with E-state index < -0.39 is 5.91 Å². The van der Waals surface area contributed by atoms with Gasteiger partial charge < -0.3 is 14.9 Å². The van der Waals surface area contributed by atoms with Crippen molar-refractivity contribution >= 4 is 18.3 Å². The number of amides is 1. The summed E-state index contributed by atoms with van der Waals surface area (Å²) in [5, 5.41) is 0. The first kappa shape index (κ1) is 16.4. The second-order valence-corrected chi connectivity index (χ2v) is 5.40. The van der Waals surface area contributed by atoms with Crippen LogP contribution in [-0.4, -0.2) is 24.4 Å². The van der Waals surface area contributed by atoms with Gasteiger partial charge in [0.25, 0.3) is 5.91 Å². The molecule has 1 aromatic heterocycles. The highest BCUT2D eigenvalue weighted by molar-refractivity contribution is 5.95. The number of furan rings is 1. The predicted molar refractivity (Wildman–Crippen MR) is 85.4 cm³/mol. The molecule has 118 valence electrons. The Morgan fingerprint density at radius 3 is 2.86 bits per heavy atom. The summed E-state index contributed by atoms with van der Waals surface area (Å²) in [6.07, 6.45) is -0.170. The molecule has 1 atom stereocenters. The second-order valence-electron chi connectivity index (χ2n) is 5.40. The predicted octanol–water partition coefficient (Wildman–Crippen LogP) is 2.67. The lowest BCUT2D eigenvalue weighted by Gasteiger charge is -2.29. The average Bonchev–Trinajstić information content (AvgIpc) is 2.79. The number of hydrogen-bond donors (Lipinski definition) is 1. The maximum atomic E-state index is 11.5. The van der Waals surface area contributed by atoms with Crippen molar-refractivity contribution in [1.82, 2.24) is 4.90 Å². The second kappa shape index (κ2) is 6.42. The van der Waals surface area contributed by atoms with Crippen LogP contribution in [0.5, 0.6) is 5.75 Å². The number of carbonyl (C=O) groups excluding carboxylic acids is 1. The van der Waals surface area contributed by atoms with Crippen molar-refractivity contribution in [3.8, 4) is 5.75 Å². The molecule has 1 unspecified atom stereocenters. The minimum atomic E-state index is -0.488. The van der Waals surface area contributed by atoms with E-state index >= 15 is 0 Å². The van der Waals surface area contributed by atoms with Crippen LogP contribution in [0, 0.1) is 6.92 Å². The molecule has 2 aromatic rings. The highest BCUT2D eigenvalue weighted by Crippen LogP contribution is 2.33. The monoisotopic (exact) mass is 322 g/mol. The number of aryl methyl sites for hydroxylation is 1. The summed E-state index contributed by atoms with van der Waals surface area (Å²) in [5.41, 5.74) is 6.84. The Labute approximate surface area is 135 Å². The highest BCUT2D eigenvalue weighted by Gasteiger charge is 2.29. The van der Waals surface area contributed by atoms with Gasteiger partial charge >= 0.3 is 0 Å². The molecule has 0 radical (unpaired) electrons. The fraction of sp³-hybridized carbons (Fsp3) is 0.312. The van der Waals surface area contributed by atoms with E-state index in [0.717, 1.165) is 30.2 Å². The van der Waals surface area contributed by atoms with E-state index in [1.54, 1.807) is 18.2 Å². The Morgan fingerprint density at radius 2 is 2.14 bits per heavy atom. The van der Waals surface area contributed by atoms with Gasteiger partial charge in [0, 0.05) is 12.1 Å². The van der Waals surface area contributed by atoms with Crippen LogP contribution in [0.25, 0.3) is 0 Å². The third-order valence-electron chi connectivity index (χ3n) is 3.62. The van der Waals surface area contributed by atoms with Gasteiger partial charge in [0.15, 0.2) is 0 Å². The molecular weight excluding hydrogens is 304 g/mol. The average molecular weight is 323 g/mol. The fourth-order valence-electron chi connectivity index (χ4n) is 2.70. The number of rotatable bonds is 3. The zero-order valence-electron chi connectivity index (χ0n) is 12.5. The van der Waals surface area contributed by atoms with Crippen LogP contribution in [-0.2, 0) is 6.54 Å². The number of nitrogens with zero attached hydrogens (tertiary/aromatic N) is 1. The van der Waals surface area contributed by atoms with Gasteiger partial charge in [0.2, 0.25) is 0 Å². The molecule has 2 N–H and O–H groups in total. The molecule has 0 aliphatic carbocycles. The molecule has 0 saturated carbocycles. The lowest BCUT2D eigenvalue weighted by molar-refractivity contribution is 0.0977. The smallest absolute Gasteiger partial charge is 0.252 e. The summed E-state index contributed by atoms with van der Waals surface area (Å²) < 4.78 is 11.8. The largest absolute Gasteiger partial charge is 0.483 e. The summed E-state index contributed by atoms with van der Waals surface area (Å²) in [6, 6.07) is 9.04. The molecule has 0 saturated heterocycles. The van der Waals surface area contributed by atoms with Gasteiger partial charge in [-0.2, -0.15) is 0 Å². The van der Waals surface area contributed by atoms with Gasteiger partial charge in [-0.05, 0) is 32.2 Å². The first-order valence-corrected chi connectivity index (χ1v) is 6.88. The zero-order valence-corrected chi connectivity index (χ0v) is 13.4. The lowest BCUT2D eigenvalue weighted by atomic mass is 10.0. The number of carbonyl (C=O) groups is 1. The standard InChI is InChI=1S/C16H18N2O3.ClH/c1-10-7-12-14(20-10)8-18(2)9-15(12)21-13-6-4-3-5-11(13)16(17)19;/h3-7,15H,8-9H2,1-2H3,(H2,17,19);1H. The van der Waals surface area contributed by atoms with E-state index in [0.29, 0.717) is 11.3 Å². The number of nitrogens with two attached hydrogens (primary N) is 1. The summed E-state index contributed by atoms with van der Waals surface area (Å²) in [7, 11) is 2.01. The van der Waals surface area contributed by atoms with Crippen LogP contribution in [0.1, 0.15) is 33.5 Å². The summed E-state index contributed by atoms with van der Waals surface area (Å²) in [6.45, 7) is 3.42. The van der Waals surface area contributed by atoms with Crippen molar-refractivity contribution in [3.63, 3.8) is 0 Å². The Balaban J connectivity index is 0.00000176. The molecule has 3 rings (SSSR count). The normalized spacial score (nSPS) is 17.5. The van der Waals surface area contributed by atoms with Crippen molar-refractivity contribution in [2.75, 3.05) is 13.6 Å². The third kappa shape index (κ3) is 3.10. The van der Waals surface area contributed by atoms with Gasteiger partial charge in [0.05, 0.1) is 12.1 Å². The van der Waals surface area contributed by atoms with Crippen LogP contribution < -0.4 is 10.5 Å². The summed E-state index contributed by atoms with van der Waals surface area (Å²) in [4.78, 5) is 13.6. The number of primary amides is 1. The number of hydrogen-bond acceptors (Lipinski definition) is 4. The Kier molecular flexibility index (Phi) is 4.78. The molecule has 1 amide bonds. The Morgan fingerprint density at radius 1 is 1.41 bits per heavy atom. The molecule has 5 nitrogen and oxygen atoms in total. The van der Waals surface area contributed by atoms with Crippen molar-refractivity contribution in [2.45, 2.75) is 19.6 Å². The van der Waals surface area contributed by atoms with Crippen LogP contribution in [0.3, 0.4) is 0 Å².